The Balaban J connectivity index is 1.47. The predicted molar refractivity (Wildman–Crippen MR) is 115 cm³/mol. The molecule has 3 rings (SSSR count). The van der Waals surface area contributed by atoms with E-state index in [2.05, 4.69) is 26.1 Å². The topological polar surface area (TPSA) is 50.8 Å². The van der Waals surface area contributed by atoms with Crippen LogP contribution < -0.4 is 14.8 Å². The number of piperidine rings is 1. The summed E-state index contributed by atoms with van der Waals surface area (Å²) >= 11 is 3.50. The molecule has 2 aromatic rings. The zero-order chi connectivity index (χ0) is 19.9. The number of halogens is 1. The van der Waals surface area contributed by atoms with E-state index in [1.807, 2.05) is 56.3 Å². The van der Waals surface area contributed by atoms with Crippen LogP contribution in [-0.2, 0) is 4.79 Å². The van der Waals surface area contributed by atoms with Gasteiger partial charge in [0.2, 0.25) is 5.91 Å². The Bertz CT molecular complexity index is 804. The number of carbonyl (C=O) groups excluding carboxylic acids is 1. The number of amides is 1. The summed E-state index contributed by atoms with van der Waals surface area (Å²) in [7, 11) is 0. The van der Waals surface area contributed by atoms with E-state index in [0.717, 1.165) is 53.2 Å². The van der Waals surface area contributed by atoms with E-state index in [4.69, 9.17) is 9.47 Å². The van der Waals surface area contributed by atoms with Gasteiger partial charge in [-0.15, -0.1) is 0 Å². The fourth-order valence-electron chi connectivity index (χ4n) is 3.30. The fourth-order valence-corrected chi connectivity index (χ4v) is 3.89. The molecule has 1 amide bonds. The van der Waals surface area contributed by atoms with Gasteiger partial charge in [-0.3, -0.25) is 9.69 Å². The Morgan fingerprint density at radius 3 is 2.57 bits per heavy atom. The highest BCUT2D eigenvalue weighted by atomic mass is 79.9. The van der Waals surface area contributed by atoms with Gasteiger partial charge in [-0.05, 0) is 72.4 Å². The quantitative estimate of drug-likeness (QED) is 0.672. The van der Waals surface area contributed by atoms with Crippen molar-refractivity contribution in [3.05, 3.63) is 52.5 Å². The summed E-state index contributed by atoms with van der Waals surface area (Å²) in [4.78, 5) is 14.6. The molecule has 0 spiro atoms. The van der Waals surface area contributed by atoms with Crippen molar-refractivity contribution >= 4 is 27.5 Å². The number of hydrogen-bond donors (Lipinski definition) is 1. The van der Waals surface area contributed by atoms with Crippen LogP contribution in [0.4, 0.5) is 5.69 Å². The number of ether oxygens (including phenoxy) is 2. The van der Waals surface area contributed by atoms with E-state index in [1.165, 1.54) is 0 Å². The fraction of sp³-hybridized carbons (Fsp3) is 0.409. The molecule has 0 bridgehead atoms. The Labute approximate surface area is 175 Å². The maximum absolute atomic E-state index is 12.4. The Hall–Kier alpha value is -2.05. The smallest absolute Gasteiger partial charge is 0.238 e. The summed E-state index contributed by atoms with van der Waals surface area (Å²) in [6.45, 7) is 6.67. The van der Waals surface area contributed by atoms with Gasteiger partial charge in [0, 0.05) is 17.6 Å². The van der Waals surface area contributed by atoms with Crippen molar-refractivity contribution in [1.29, 1.82) is 0 Å². The summed E-state index contributed by atoms with van der Waals surface area (Å²) in [5, 5.41) is 2.98. The highest BCUT2D eigenvalue weighted by Crippen LogP contribution is 2.29. The zero-order valence-corrected chi connectivity index (χ0v) is 18.0. The molecule has 1 fully saturated rings. The SMILES string of the molecule is CCOc1ccccc1OC1CCN(CC(=O)Nc2ccc(C)cc2Br)CC1. The minimum Gasteiger partial charge on any atom is -0.490 e. The average molecular weight is 447 g/mol. The van der Waals surface area contributed by atoms with Crippen molar-refractivity contribution < 1.29 is 14.3 Å². The molecule has 0 saturated carbocycles. The van der Waals surface area contributed by atoms with Crippen LogP contribution in [0.5, 0.6) is 11.5 Å². The number of aryl methyl sites for hydroxylation is 1. The van der Waals surface area contributed by atoms with Crippen LogP contribution in [-0.4, -0.2) is 43.2 Å². The molecule has 1 aliphatic heterocycles. The molecule has 1 saturated heterocycles. The lowest BCUT2D eigenvalue weighted by atomic mass is 10.1. The number of anilines is 1. The van der Waals surface area contributed by atoms with E-state index in [-0.39, 0.29) is 12.0 Å². The highest BCUT2D eigenvalue weighted by Gasteiger charge is 2.23. The lowest BCUT2D eigenvalue weighted by molar-refractivity contribution is -0.117. The number of para-hydroxylation sites is 2. The normalized spacial score (nSPS) is 15.2. The molecule has 6 heteroatoms. The van der Waals surface area contributed by atoms with E-state index in [1.54, 1.807) is 0 Å². The van der Waals surface area contributed by atoms with Crippen molar-refractivity contribution in [3.63, 3.8) is 0 Å². The maximum atomic E-state index is 12.4. The van der Waals surface area contributed by atoms with Gasteiger partial charge in [-0.25, -0.2) is 0 Å². The second kappa shape index (κ2) is 9.94. The van der Waals surface area contributed by atoms with Crippen molar-refractivity contribution in [2.45, 2.75) is 32.8 Å². The molecule has 0 aromatic heterocycles. The van der Waals surface area contributed by atoms with Crippen LogP contribution in [0, 0.1) is 6.92 Å². The third-order valence-corrected chi connectivity index (χ3v) is 5.40. The van der Waals surface area contributed by atoms with Gasteiger partial charge < -0.3 is 14.8 Å². The summed E-state index contributed by atoms with van der Waals surface area (Å²) < 4.78 is 12.7. The molecule has 5 nitrogen and oxygen atoms in total. The molecule has 28 heavy (non-hydrogen) atoms. The molecular weight excluding hydrogens is 420 g/mol. The molecule has 1 heterocycles. The number of nitrogens with one attached hydrogen (secondary N) is 1. The van der Waals surface area contributed by atoms with Gasteiger partial charge in [0.05, 0.1) is 18.8 Å². The molecule has 0 aliphatic carbocycles. The number of nitrogens with zero attached hydrogens (tertiary/aromatic N) is 1. The van der Waals surface area contributed by atoms with Crippen molar-refractivity contribution in [1.82, 2.24) is 4.90 Å². The van der Waals surface area contributed by atoms with Crippen molar-refractivity contribution in [3.8, 4) is 11.5 Å². The van der Waals surface area contributed by atoms with Gasteiger partial charge in [0.1, 0.15) is 6.10 Å². The summed E-state index contributed by atoms with van der Waals surface area (Å²) in [5.74, 6) is 1.59. The van der Waals surface area contributed by atoms with Crippen LogP contribution in [0.1, 0.15) is 25.3 Å². The first kappa shape index (κ1) is 20.7. The molecular formula is C22H27BrN2O3. The van der Waals surface area contributed by atoms with E-state index < -0.39 is 0 Å². The van der Waals surface area contributed by atoms with Gasteiger partial charge in [0.15, 0.2) is 11.5 Å². The highest BCUT2D eigenvalue weighted by molar-refractivity contribution is 9.10. The number of hydrogen-bond acceptors (Lipinski definition) is 4. The predicted octanol–water partition coefficient (Wildman–Crippen LogP) is 4.64. The summed E-state index contributed by atoms with van der Waals surface area (Å²) in [6, 6.07) is 13.7. The van der Waals surface area contributed by atoms with E-state index in [0.29, 0.717) is 13.2 Å². The lowest BCUT2D eigenvalue weighted by Gasteiger charge is -2.32. The van der Waals surface area contributed by atoms with Crippen LogP contribution in [0.15, 0.2) is 46.9 Å². The van der Waals surface area contributed by atoms with Gasteiger partial charge >= 0.3 is 0 Å². The Kier molecular flexibility index (Phi) is 7.34. The zero-order valence-electron chi connectivity index (χ0n) is 16.4. The van der Waals surface area contributed by atoms with Crippen LogP contribution in [0.2, 0.25) is 0 Å². The third kappa shape index (κ3) is 5.72. The number of benzene rings is 2. The minimum atomic E-state index is 0.00520. The molecule has 0 radical (unpaired) electrons. The van der Waals surface area contributed by atoms with Gasteiger partial charge in [-0.1, -0.05) is 18.2 Å². The van der Waals surface area contributed by atoms with E-state index >= 15 is 0 Å². The molecule has 1 N–H and O–H groups in total. The third-order valence-electron chi connectivity index (χ3n) is 4.74. The first-order chi connectivity index (χ1) is 13.5. The first-order valence-electron chi connectivity index (χ1n) is 9.72. The number of carbonyl (C=O) groups is 1. The Morgan fingerprint density at radius 2 is 1.89 bits per heavy atom. The standard InChI is InChI=1S/C22H27BrN2O3/c1-3-27-20-6-4-5-7-21(20)28-17-10-12-25(13-11-17)15-22(26)24-19-9-8-16(2)14-18(19)23/h4-9,14,17H,3,10-13,15H2,1-2H3,(H,24,26). The van der Waals surface area contributed by atoms with Gasteiger partial charge in [0.25, 0.3) is 0 Å². The summed E-state index contributed by atoms with van der Waals surface area (Å²) in [6.07, 6.45) is 1.93. The summed E-state index contributed by atoms with van der Waals surface area (Å²) in [5.41, 5.74) is 1.96. The average Bonchev–Trinajstić information content (AvgIpc) is 2.67. The van der Waals surface area contributed by atoms with Crippen molar-refractivity contribution in [2.75, 3.05) is 31.6 Å². The van der Waals surface area contributed by atoms with E-state index in [9.17, 15) is 4.79 Å². The second-order valence-corrected chi connectivity index (χ2v) is 7.86. The number of rotatable bonds is 7. The molecule has 1 aliphatic rings. The molecule has 2 aromatic carbocycles. The molecule has 0 unspecified atom stereocenters. The maximum Gasteiger partial charge on any atom is 0.238 e. The lowest BCUT2D eigenvalue weighted by Crippen LogP contribution is -2.42. The van der Waals surface area contributed by atoms with Gasteiger partial charge in [-0.2, -0.15) is 0 Å². The molecule has 150 valence electrons. The minimum absolute atomic E-state index is 0.00520. The van der Waals surface area contributed by atoms with Crippen LogP contribution >= 0.6 is 15.9 Å². The van der Waals surface area contributed by atoms with Crippen LogP contribution in [0.25, 0.3) is 0 Å². The number of likely N-dealkylation sites (tertiary alicyclic amines) is 1. The van der Waals surface area contributed by atoms with Crippen molar-refractivity contribution in [2.24, 2.45) is 0 Å². The monoisotopic (exact) mass is 446 g/mol. The largest absolute Gasteiger partial charge is 0.490 e. The second-order valence-electron chi connectivity index (χ2n) is 7.00. The first-order valence-corrected chi connectivity index (χ1v) is 10.5. The van der Waals surface area contributed by atoms with Crippen LogP contribution in [0.3, 0.4) is 0 Å². The Morgan fingerprint density at radius 1 is 1.18 bits per heavy atom. The molecule has 0 atom stereocenters.